The number of carboxylic acid groups (broad SMARTS) is 1. The van der Waals surface area contributed by atoms with E-state index in [2.05, 4.69) is 10.6 Å². The molecule has 0 aromatic rings. The van der Waals surface area contributed by atoms with Crippen molar-refractivity contribution in [1.29, 1.82) is 0 Å². The summed E-state index contributed by atoms with van der Waals surface area (Å²) in [7, 11) is 0. The summed E-state index contributed by atoms with van der Waals surface area (Å²) in [5.74, 6) is -0.890. The van der Waals surface area contributed by atoms with Crippen LogP contribution in [0.5, 0.6) is 0 Å². The van der Waals surface area contributed by atoms with Crippen molar-refractivity contribution in [2.24, 2.45) is 0 Å². The molecule has 7 heteroatoms. The van der Waals surface area contributed by atoms with Crippen LogP contribution in [0.1, 0.15) is 32.1 Å². The minimum Gasteiger partial charge on any atom is -0.481 e. The van der Waals surface area contributed by atoms with Crippen molar-refractivity contribution in [2.75, 3.05) is 13.1 Å². The minimum atomic E-state index is -0.900. The molecule has 19 heavy (non-hydrogen) atoms. The Bertz CT molecular complexity index is 371. The normalized spacial score (nSPS) is 22.5. The number of nitrogens with one attached hydrogen (secondary N) is 2. The second-order valence-electron chi connectivity index (χ2n) is 5.06. The lowest BCUT2D eigenvalue weighted by atomic mass is 10.1. The van der Waals surface area contributed by atoms with Gasteiger partial charge in [0, 0.05) is 31.6 Å². The van der Waals surface area contributed by atoms with Crippen molar-refractivity contribution in [3.05, 3.63) is 0 Å². The number of hydrogen-bond acceptors (Lipinski definition) is 3. The van der Waals surface area contributed by atoms with Crippen LogP contribution < -0.4 is 10.6 Å². The Morgan fingerprint density at radius 3 is 2.63 bits per heavy atom. The summed E-state index contributed by atoms with van der Waals surface area (Å²) in [5.41, 5.74) is 0. The molecule has 1 heterocycles. The maximum atomic E-state index is 12.1. The SMILES string of the molecule is O=C(O)CCN(C(=O)NC1CCC(=O)NC1)C1CC1. The Morgan fingerprint density at radius 1 is 1.37 bits per heavy atom. The van der Waals surface area contributed by atoms with Gasteiger partial charge in [0.2, 0.25) is 5.91 Å². The first-order valence-corrected chi connectivity index (χ1v) is 6.62. The first-order chi connectivity index (χ1) is 9.06. The van der Waals surface area contributed by atoms with Gasteiger partial charge in [0.15, 0.2) is 0 Å². The van der Waals surface area contributed by atoms with Crippen molar-refractivity contribution >= 4 is 17.9 Å². The topological polar surface area (TPSA) is 98.7 Å². The Labute approximate surface area is 111 Å². The lowest BCUT2D eigenvalue weighted by Gasteiger charge is -2.28. The van der Waals surface area contributed by atoms with Gasteiger partial charge in [-0.25, -0.2) is 4.79 Å². The van der Waals surface area contributed by atoms with Crippen molar-refractivity contribution in [2.45, 2.75) is 44.2 Å². The molecule has 0 spiro atoms. The molecule has 2 aliphatic rings. The lowest BCUT2D eigenvalue weighted by Crippen LogP contribution is -2.52. The van der Waals surface area contributed by atoms with Gasteiger partial charge in [-0.2, -0.15) is 0 Å². The van der Waals surface area contributed by atoms with E-state index in [9.17, 15) is 14.4 Å². The summed E-state index contributed by atoms with van der Waals surface area (Å²) < 4.78 is 0. The molecule has 7 nitrogen and oxygen atoms in total. The Balaban J connectivity index is 1.81. The molecule has 0 aromatic heterocycles. The van der Waals surface area contributed by atoms with Gasteiger partial charge in [-0.05, 0) is 19.3 Å². The number of urea groups is 1. The highest BCUT2D eigenvalue weighted by Crippen LogP contribution is 2.27. The third-order valence-corrected chi connectivity index (χ3v) is 3.41. The minimum absolute atomic E-state index is 0.00965. The van der Waals surface area contributed by atoms with Crippen LogP contribution in [-0.2, 0) is 9.59 Å². The van der Waals surface area contributed by atoms with E-state index in [0.29, 0.717) is 19.4 Å². The van der Waals surface area contributed by atoms with Gasteiger partial charge in [0.1, 0.15) is 0 Å². The first-order valence-electron chi connectivity index (χ1n) is 6.62. The van der Waals surface area contributed by atoms with Crippen LogP contribution in [0.4, 0.5) is 4.79 Å². The second-order valence-corrected chi connectivity index (χ2v) is 5.06. The highest BCUT2D eigenvalue weighted by atomic mass is 16.4. The summed E-state index contributed by atoms with van der Waals surface area (Å²) in [6.45, 7) is 0.687. The molecule has 1 saturated heterocycles. The fourth-order valence-electron chi connectivity index (χ4n) is 2.17. The number of amides is 3. The zero-order chi connectivity index (χ0) is 13.8. The molecule has 2 fully saturated rings. The van der Waals surface area contributed by atoms with E-state index < -0.39 is 5.97 Å². The van der Waals surface area contributed by atoms with Crippen LogP contribution in [0.25, 0.3) is 0 Å². The molecule has 106 valence electrons. The fourth-order valence-corrected chi connectivity index (χ4v) is 2.17. The number of rotatable bonds is 5. The van der Waals surface area contributed by atoms with Gasteiger partial charge in [0.05, 0.1) is 6.42 Å². The molecule has 0 aromatic carbocycles. The van der Waals surface area contributed by atoms with Crippen LogP contribution in [-0.4, -0.2) is 53.1 Å². The van der Waals surface area contributed by atoms with Crippen LogP contribution in [0.15, 0.2) is 0 Å². The van der Waals surface area contributed by atoms with E-state index >= 15 is 0 Å². The molecule has 3 N–H and O–H groups in total. The smallest absolute Gasteiger partial charge is 0.317 e. The Kier molecular flexibility index (Phi) is 4.24. The molecular formula is C12H19N3O4. The molecule has 0 bridgehead atoms. The number of piperidine rings is 1. The van der Waals surface area contributed by atoms with Crippen LogP contribution in [0.3, 0.4) is 0 Å². The van der Waals surface area contributed by atoms with Gasteiger partial charge in [-0.3, -0.25) is 9.59 Å². The van der Waals surface area contributed by atoms with Gasteiger partial charge < -0.3 is 20.6 Å². The predicted molar refractivity (Wildman–Crippen MR) is 66.5 cm³/mol. The summed E-state index contributed by atoms with van der Waals surface area (Å²) in [6, 6.07) is -0.0984. The Morgan fingerprint density at radius 2 is 2.11 bits per heavy atom. The number of nitrogens with zero attached hydrogens (tertiary/aromatic N) is 1. The van der Waals surface area contributed by atoms with E-state index in [1.165, 1.54) is 0 Å². The average Bonchev–Trinajstić information content (AvgIpc) is 3.16. The number of carbonyl (C=O) groups excluding carboxylic acids is 2. The molecule has 3 amide bonds. The average molecular weight is 269 g/mol. The molecular weight excluding hydrogens is 250 g/mol. The van der Waals surface area contributed by atoms with Crippen LogP contribution in [0.2, 0.25) is 0 Å². The van der Waals surface area contributed by atoms with Crippen LogP contribution >= 0.6 is 0 Å². The number of carboxylic acids is 1. The molecule has 1 saturated carbocycles. The molecule has 1 aliphatic carbocycles. The van der Waals surface area contributed by atoms with Gasteiger partial charge in [-0.1, -0.05) is 0 Å². The monoisotopic (exact) mass is 269 g/mol. The van der Waals surface area contributed by atoms with Gasteiger partial charge >= 0.3 is 12.0 Å². The quantitative estimate of drug-likeness (QED) is 0.649. The third-order valence-electron chi connectivity index (χ3n) is 3.41. The van der Waals surface area contributed by atoms with E-state index in [4.69, 9.17) is 5.11 Å². The van der Waals surface area contributed by atoms with Crippen molar-refractivity contribution in [3.8, 4) is 0 Å². The standard InChI is InChI=1S/C12H19N3O4/c16-10-4-1-8(7-13-10)14-12(19)15(9-2-3-9)6-5-11(17)18/h8-9H,1-7H2,(H,13,16)(H,14,19)(H,17,18). The van der Waals surface area contributed by atoms with Crippen molar-refractivity contribution < 1.29 is 19.5 Å². The molecule has 2 rings (SSSR count). The second kappa shape index (κ2) is 5.90. The van der Waals surface area contributed by atoms with E-state index in [0.717, 1.165) is 12.8 Å². The van der Waals surface area contributed by atoms with Crippen molar-refractivity contribution in [3.63, 3.8) is 0 Å². The zero-order valence-electron chi connectivity index (χ0n) is 10.7. The van der Waals surface area contributed by atoms with Crippen LogP contribution in [0, 0.1) is 0 Å². The molecule has 1 unspecified atom stereocenters. The summed E-state index contributed by atoms with van der Waals surface area (Å²) in [5, 5.41) is 14.3. The lowest BCUT2D eigenvalue weighted by molar-refractivity contribution is -0.137. The van der Waals surface area contributed by atoms with E-state index in [1.807, 2.05) is 0 Å². The maximum absolute atomic E-state index is 12.1. The third kappa shape index (κ3) is 4.11. The van der Waals surface area contributed by atoms with E-state index in [1.54, 1.807) is 4.90 Å². The molecule has 0 radical (unpaired) electrons. The number of aliphatic carboxylic acids is 1. The van der Waals surface area contributed by atoms with E-state index in [-0.39, 0.29) is 37.0 Å². The number of carbonyl (C=O) groups is 3. The van der Waals surface area contributed by atoms with Gasteiger partial charge in [0.25, 0.3) is 0 Å². The first kappa shape index (κ1) is 13.6. The summed E-state index contributed by atoms with van der Waals surface area (Å²) in [4.78, 5) is 35.3. The zero-order valence-corrected chi connectivity index (χ0v) is 10.7. The molecule has 1 aliphatic heterocycles. The highest BCUT2D eigenvalue weighted by molar-refractivity contribution is 5.79. The number of hydrogen-bond donors (Lipinski definition) is 3. The summed E-state index contributed by atoms with van der Waals surface area (Å²) >= 11 is 0. The van der Waals surface area contributed by atoms with Crippen molar-refractivity contribution in [1.82, 2.24) is 15.5 Å². The van der Waals surface area contributed by atoms with Gasteiger partial charge in [-0.15, -0.1) is 0 Å². The molecule has 1 atom stereocenters. The predicted octanol–water partition coefficient (Wildman–Crippen LogP) is -0.0863. The summed E-state index contributed by atoms with van der Waals surface area (Å²) in [6.07, 6.45) is 2.90. The fraction of sp³-hybridized carbons (Fsp3) is 0.750. The maximum Gasteiger partial charge on any atom is 0.317 e. The Hall–Kier alpha value is -1.79. The highest BCUT2D eigenvalue weighted by Gasteiger charge is 2.33. The largest absolute Gasteiger partial charge is 0.481 e.